The summed E-state index contributed by atoms with van der Waals surface area (Å²) in [6.45, 7) is 4.34. The maximum absolute atomic E-state index is 5.49. The van der Waals surface area contributed by atoms with Crippen LogP contribution in [0.4, 0.5) is 0 Å². The molecule has 0 radical (unpaired) electrons. The monoisotopic (exact) mass is 169 g/mol. The summed E-state index contributed by atoms with van der Waals surface area (Å²) in [7, 11) is 0. The zero-order valence-electron chi connectivity index (χ0n) is 7.88. The van der Waals surface area contributed by atoms with Gasteiger partial charge in [0.15, 0.2) is 0 Å². The molecule has 2 unspecified atom stereocenters. The van der Waals surface area contributed by atoms with Crippen molar-refractivity contribution in [2.24, 2.45) is 5.92 Å². The third kappa shape index (κ3) is 1.80. The molecule has 2 fully saturated rings. The molecule has 0 spiro atoms. The van der Waals surface area contributed by atoms with Crippen LogP contribution in [0, 0.1) is 5.92 Å². The minimum absolute atomic E-state index is 0.435. The second-order valence-corrected chi connectivity index (χ2v) is 4.18. The molecular formula is C10H19NO. The lowest BCUT2D eigenvalue weighted by molar-refractivity contribution is 0.111. The van der Waals surface area contributed by atoms with Crippen molar-refractivity contribution in [1.82, 2.24) is 5.32 Å². The quantitative estimate of drug-likeness (QED) is 0.692. The Bertz CT molecular complexity index is 145. The van der Waals surface area contributed by atoms with Crippen molar-refractivity contribution in [2.45, 2.75) is 44.8 Å². The number of nitrogens with one attached hydrogen (secondary N) is 1. The standard InChI is InChI=1S/C10H19NO/c1-8-10(5-6-12-8)11-7-9-3-2-4-9/h8-11H,2-7H2,1H3. The lowest BCUT2D eigenvalue weighted by atomic mass is 9.85. The highest BCUT2D eigenvalue weighted by atomic mass is 16.5. The number of ether oxygens (including phenoxy) is 1. The zero-order chi connectivity index (χ0) is 8.39. The van der Waals surface area contributed by atoms with Crippen molar-refractivity contribution >= 4 is 0 Å². The molecule has 0 amide bonds. The molecule has 2 atom stereocenters. The number of hydrogen-bond donors (Lipinski definition) is 1. The molecule has 1 aliphatic carbocycles. The third-order valence-electron chi connectivity index (χ3n) is 3.27. The Morgan fingerprint density at radius 2 is 2.17 bits per heavy atom. The average molecular weight is 169 g/mol. The fourth-order valence-electron chi connectivity index (χ4n) is 2.01. The van der Waals surface area contributed by atoms with E-state index < -0.39 is 0 Å². The molecule has 1 saturated heterocycles. The molecule has 2 aliphatic rings. The van der Waals surface area contributed by atoms with Crippen molar-refractivity contribution in [1.29, 1.82) is 0 Å². The van der Waals surface area contributed by atoms with Crippen molar-refractivity contribution < 1.29 is 4.74 Å². The van der Waals surface area contributed by atoms with Crippen molar-refractivity contribution in [3.8, 4) is 0 Å². The molecule has 2 heteroatoms. The van der Waals surface area contributed by atoms with Crippen LogP contribution in [0.3, 0.4) is 0 Å². The van der Waals surface area contributed by atoms with E-state index in [0.717, 1.165) is 12.5 Å². The Morgan fingerprint density at radius 3 is 2.67 bits per heavy atom. The molecule has 1 saturated carbocycles. The van der Waals surface area contributed by atoms with E-state index in [4.69, 9.17) is 4.74 Å². The summed E-state index contributed by atoms with van der Waals surface area (Å²) in [6, 6.07) is 0.630. The van der Waals surface area contributed by atoms with Gasteiger partial charge in [0.05, 0.1) is 6.10 Å². The first-order valence-electron chi connectivity index (χ1n) is 5.21. The van der Waals surface area contributed by atoms with E-state index in [1.807, 2.05) is 0 Å². The van der Waals surface area contributed by atoms with Crippen LogP contribution in [0.15, 0.2) is 0 Å². The van der Waals surface area contributed by atoms with Gasteiger partial charge in [-0.15, -0.1) is 0 Å². The molecule has 1 heterocycles. The lowest BCUT2D eigenvalue weighted by Crippen LogP contribution is -2.39. The van der Waals surface area contributed by atoms with Gasteiger partial charge in [-0.1, -0.05) is 6.42 Å². The second kappa shape index (κ2) is 3.75. The van der Waals surface area contributed by atoms with Crippen LogP contribution in [-0.2, 0) is 4.74 Å². The Balaban J connectivity index is 1.64. The van der Waals surface area contributed by atoms with Crippen molar-refractivity contribution in [3.05, 3.63) is 0 Å². The minimum atomic E-state index is 0.435. The summed E-state index contributed by atoms with van der Waals surface area (Å²) in [5.41, 5.74) is 0. The van der Waals surface area contributed by atoms with E-state index >= 15 is 0 Å². The number of hydrogen-bond acceptors (Lipinski definition) is 2. The fraction of sp³-hybridized carbons (Fsp3) is 1.00. The summed E-state index contributed by atoms with van der Waals surface area (Å²) in [5, 5.41) is 3.61. The molecule has 2 nitrogen and oxygen atoms in total. The van der Waals surface area contributed by atoms with Crippen molar-refractivity contribution in [3.63, 3.8) is 0 Å². The van der Waals surface area contributed by atoms with E-state index in [9.17, 15) is 0 Å². The van der Waals surface area contributed by atoms with Crippen LogP contribution in [0.25, 0.3) is 0 Å². The first kappa shape index (κ1) is 8.52. The summed E-state index contributed by atoms with van der Waals surface area (Å²) in [6.07, 6.45) is 5.96. The SMILES string of the molecule is CC1OCCC1NCC1CCC1. The Labute approximate surface area is 74.7 Å². The highest BCUT2D eigenvalue weighted by molar-refractivity contribution is 4.81. The van der Waals surface area contributed by atoms with Gasteiger partial charge in [-0.3, -0.25) is 0 Å². The van der Waals surface area contributed by atoms with Crippen LogP contribution >= 0.6 is 0 Å². The van der Waals surface area contributed by atoms with E-state index in [1.165, 1.54) is 32.2 Å². The van der Waals surface area contributed by atoms with E-state index in [1.54, 1.807) is 0 Å². The average Bonchev–Trinajstić information content (AvgIpc) is 2.33. The highest BCUT2D eigenvalue weighted by Gasteiger charge is 2.25. The summed E-state index contributed by atoms with van der Waals surface area (Å²) in [5.74, 6) is 0.970. The Morgan fingerprint density at radius 1 is 1.33 bits per heavy atom. The third-order valence-corrected chi connectivity index (χ3v) is 3.27. The van der Waals surface area contributed by atoms with Crippen LogP contribution in [0.2, 0.25) is 0 Å². The van der Waals surface area contributed by atoms with Crippen LogP contribution in [0.5, 0.6) is 0 Å². The first-order chi connectivity index (χ1) is 5.86. The minimum Gasteiger partial charge on any atom is -0.377 e. The molecule has 0 aromatic rings. The van der Waals surface area contributed by atoms with Gasteiger partial charge in [0, 0.05) is 12.6 Å². The first-order valence-corrected chi connectivity index (χ1v) is 5.21. The van der Waals surface area contributed by atoms with E-state index in [2.05, 4.69) is 12.2 Å². The van der Waals surface area contributed by atoms with Gasteiger partial charge in [-0.05, 0) is 38.6 Å². The van der Waals surface area contributed by atoms with E-state index in [0.29, 0.717) is 12.1 Å². The normalized spacial score (nSPS) is 36.8. The highest BCUT2D eigenvalue weighted by Crippen LogP contribution is 2.25. The lowest BCUT2D eigenvalue weighted by Gasteiger charge is -2.27. The van der Waals surface area contributed by atoms with Gasteiger partial charge in [0.25, 0.3) is 0 Å². The van der Waals surface area contributed by atoms with Crippen LogP contribution < -0.4 is 5.32 Å². The van der Waals surface area contributed by atoms with Gasteiger partial charge >= 0.3 is 0 Å². The molecule has 1 N–H and O–H groups in total. The molecule has 0 bridgehead atoms. The van der Waals surface area contributed by atoms with Crippen LogP contribution in [0.1, 0.15) is 32.6 Å². The molecule has 1 aliphatic heterocycles. The molecular weight excluding hydrogens is 150 g/mol. The topological polar surface area (TPSA) is 21.3 Å². The predicted molar refractivity (Wildman–Crippen MR) is 49.2 cm³/mol. The van der Waals surface area contributed by atoms with E-state index in [-0.39, 0.29) is 0 Å². The Kier molecular flexibility index (Phi) is 2.66. The zero-order valence-corrected chi connectivity index (χ0v) is 7.88. The molecule has 0 aromatic heterocycles. The largest absolute Gasteiger partial charge is 0.377 e. The maximum atomic E-state index is 5.49. The van der Waals surface area contributed by atoms with Gasteiger partial charge in [0.1, 0.15) is 0 Å². The Hall–Kier alpha value is -0.0800. The maximum Gasteiger partial charge on any atom is 0.0700 e. The molecule has 12 heavy (non-hydrogen) atoms. The predicted octanol–water partition coefficient (Wildman–Crippen LogP) is 1.55. The van der Waals surface area contributed by atoms with Crippen LogP contribution in [-0.4, -0.2) is 25.3 Å². The number of rotatable bonds is 3. The molecule has 0 aromatic carbocycles. The second-order valence-electron chi connectivity index (χ2n) is 4.18. The summed E-state index contributed by atoms with van der Waals surface area (Å²) < 4.78 is 5.49. The van der Waals surface area contributed by atoms with Gasteiger partial charge in [-0.25, -0.2) is 0 Å². The summed E-state index contributed by atoms with van der Waals surface area (Å²) in [4.78, 5) is 0. The smallest absolute Gasteiger partial charge is 0.0700 e. The van der Waals surface area contributed by atoms with Gasteiger partial charge < -0.3 is 10.1 Å². The van der Waals surface area contributed by atoms with Gasteiger partial charge in [0.2, 0.25) is 0 Å². The molecule has 2 rings (SSSR count). The summed E-state index contributed by atoms with van der Waals surface area (Å²) >= 11 is 0. The van der Waals surface area contributed by atoms with Crippen molar-refractivity contribution in [2.75, 3.05) is 13.2 Å². The molecule has 70 valence electrons. The fourth-order valence-corrected chi connectivity index (χ4v) is 2.01. The van der Waals surface area contributed by atoms with Gasteiger partial charge in [-0.2, -0.15) is 0 Å².